The molecule has 1 aromatic carbocycles. The minimum atomic E-state index is 0.280. The van der Waals surface area contributed by atoms with Crippen LogP contribution in [0.25, 0.3) is 28.5 Å². The predicted octanol–water partition coefficient (Wildman–Crippen LogP) is 3.53. The van der Waals surface area contributed by atoms with Crippen molar-refractivity contribution in [2.45, 2.75) is 26.0 Å². The molecule has 5 heterocycles. The van der Waals surface area contributed by atoms with Gasteiger partial charge in [0.25, 0.3) is 5.89 Å². The summed E-state index contributed by atoms with van der Waals surface area (Å²) in [6, 6.07) is 5.84. The molecule has 1 atom stereocenters. The molecule has 0 radical (unpaired) electrons. The van der Waals surface area contributed by atoms with Crippen LogP contribution in [0, 0.1) is 5.92 Å². The number of ether oxygens (including phenoxy) is 2. The lowest BCUT2D eigenvalue weighted by Gasteiger charge is -2.11. The molecule has 6 rings (SSSR count). The lowest BCUT2D eigenvalue weighted by atomic mass is 10.0. The van der Waals surface area contributed by atoms with Gasteiger partial charge in [0.15, 0.2) is 11.5 Å². The monoisotopic (exact) mass is 452 g/mol. The number of hydrogen-bond acceptors (Lipinski definition) is 7. The number of rotatable bonds is 5. The molecular formula is C22H21ClN6O3. The van der Waals surface area contributed by atoms with Crippen molar-refractivity contribution < 1.29 is 14.0 Å². The Morgan fingerprint density at radius 3 is 3.06 bits per heavy atom. The van der Waals surface area contributed by atoms with Gasteiger partial charge in [-0.15, -0.1) is 0 Å². The summed E-state index contributed by atoms with van der Waals surface area (Å²) >= 11 is 6.38. The molecule has 0 spiro atoms. The lowest BCUT2D eigenvalue weighted by Crippen LogP contribution is -2.11. The number of methoxy groups -OCH3 is 1. The van der Waals surface area contributed by atoms with Gasteiger partial charge >= 0.3 is 0 Å². The minimum absolute atomic E-state index is 0.280. The van der Waals surface area contributed by atoms with Gasteiger partial charge in [0, 0.05) is 54.9 Å². The maximum atomic E-state index is 6.38. The first kappa shape index (κ1) is 19.7. The highest BCUT2D eigenvalue weighted by Gasteiger charge is 2.28. The molecule has 2 aliphatic heterocycles. The van der Waals surface area contributed by atoms with Gasteiger partial charge in [0.2, 0.25) is 0 Å². The van der Waals surface area contributed by atoms with Gasteiger partial charge in [-0.25, -0.2) is 4.98 Å². The van der Waals surface area contributed by atoms with E-state index in [-0.39, 0.29) is 6.61 Å². The summed E-state index contributed by atoms with van der Waals surface area (Å²) in [5.74, 6) is 1.34. The van der Waals surface area contributed by atoms with E-state index in [1.54, 1.807) is 13.4 Å². The van der Waals surface area contributed by atoms with Crippen molar-refractivity contribution in [2.24, 2.45) is 5.92 Å². The molecule has 1 unspecified atom stereocenters. The van der Waals surface area contributed by atoms with E-state index < -0.39 is 0 Å². The van der Waals surface area contributed by atoms with Gasteiger partial charge in [0.05, 0.1) is 23.7 Å². The maximum Gasteiger partial charge on any atom is 0.278 e. The Balaban J connectivity index is 1.46. The Morgan fingerprint density at radius 1 is 1.28 bits per heavy atom. The summed E-state index contributed by atoms with van der Waals surface area (Å²) in [4.78, 5) is 9.06. The van der Waals surface area contributed by atoms with Crippen LogP contribution in [-0.4, -0.2) is 49.8 Å². The fraction of sp³-hybridized carbons (Fsp3) is 0.364. The third kappa shape index (κ3) is 3.33. The first-order chi connectivity index (χ1) is 15.7. The molecule has 1 saturated heterocycles. The zero-order valence-electron chi connectivity index (χ0n) is 17.5. The van der Waals surface area contributed by atoms with Crippen LogP contribution in [0.15, 0.2) is 35.2 Å². The van der Waals surface area contributed by atoms with E-state index in [9.17, 15) is 0 Å². The second kappa shape index (κ2) is 7.84. The van der Waals surface area contributed by atoms with Crippen LogP contribution in [0.4, 0.5) is 0 Å². The highest BCUT2D eigenvalue weighted by molar-refractivity contribution is 6.31. The molecule has 3 aromatic heterocycles. The molecule has 1 fully saturated rings. The largest absolute Gasteiger partial charge is 0.381 e. The first-order valence-corrected chi connectivity index (χ1v) is 10.9. The summed E-state index contributed by atoms with van der Waals surface area (Å²) in [7, 11) is 1.59. The second-order valence-corrected chi connectivity index (χ2v) is 8.59. The quantitative estimate of drug-likeness (QED) is 0.402. The van der Waals surface area contributed by atoms with Crippen LogP contribution in [0.5, 0.6) is 0 Å². The van der Waals surface area contributed by atoms with E-state index in [2.05, 4.69) is 25.9 Å². The molecule has 0 saturated carbocycles. The Bertz CT molecular complexity index is 1290. The molecule has 0 aliphatic carbocycles. The van der Waals surface area contributed by atoms with Crippen molar-refractivity contribution in [3.05, 3.63) is 52.8 Å². The highest BCUT2D eigenvalue weighted by Crippen LogP contribution is 2.38. The van der Waals surface area contributed by atoms with Crippen LogP contribution in [-0.2, 0) is 29.0 Å². The van der Waals surface area contributed by atoms with E-state index >= 15 is 0 Å². The van der Waals surface area contributed by atoms with E-state index in [1.807, 2.05) is 22.9 Å². The van der Waals surface area contributed by atoms with Crippen LogP contribution in [0.2, 0.25) is 5.02 Å². The van der Waals surface area contributed by atoms with Crippen molar-refractivity contribution in [1.82, 2.24) is 29.5 Å². The Hall–Kier alpha value is -3.01. The Labute approximate surface area is 188 Å². The van der Waals surface area contributed by atoms with Crippen molar-refractivity contribution in [3.8, 4) is 28.5 Å². The molecule has 2 aliphatic rings. The predicted molar refractivity (Wildman–Crippen MR) is 116 cm³/mol. The Morgan fingerprint density at radius 2 is 2.22 bits per heavy atom. The number of fused-ring (bicyclic) bond motifs is 5. The van der Waals surface area contributed by atoms with E-state index in [4.69, 9.17) is 30.7 Å². The van der Waals surface area contributed by atoms with E-state index in [0.717, 1.165) is 54.4 Å². The summed E-state index contributed by atoms with van der Waals surface area (Å²) in [5, 5.41) is 9.61. The molecular weight excluding hydrogens is 432 g/mol. The van der Waals surface area contributed by atoms with Crippen molar-refractivity contribution in [2.75, 3.05) is 20.3 Å². The maximum absolute atomic E-state index is 6.38. The van der Waals surface area contributed by atoms with Gasteiger partial charge in [0.1, 0.15) is 12.9 Å². The average Bonchev–Trinajstić information content (AvgIpc) is 3.56. The number of hydrogen-bond donors (Lipinski definition) is 0. The van der Waals surface area contributed by atoms with E-state index in [1.165, 1.54) is 0 Å². The summed E-state index contributed by atoms with van der Waals surface area (Å²) in [5.41, 5.74) is 5.59. The van der Waals surface area contributed by atoms with Gasteiger partial charge in [-0.2, -0.15) is 10.1 Å². The number of halogens is 1. The van der Waals surface area contributed by atoms with Crippen LogP contribution >= 0.6 is 11.6 Å². The summed E-state index contributed by atoms with van der Waals surface area (Å²) in [6.07, 6.45) is 5.59. The molecule has 32 heavy (non-hydrogen) atoms. The first-order valence-electron chi connectivity index (χ1n) is 10.5. The van der Waals surface area contributed by atoms with Gasteiger partial charge in [-0.05, 0) is 24.6 Å². The highest BCUT2D eigenvalue weighted by atomic mass is 35.5. The summed E-state index contributed by atoms with van der Waals surface area (Å²) < 4.78 is 20.2. The fourth-order valence-corrected chi connectivity index (χ4v) is 4.63. The molecule has 4 aromatic rings. The third-order valence-corrected chi connectivity index (χ3v) is 6.18. The minimum Gasteiger partial charge on any atom is -0.381 e. The molecule has 0 bridgehead atoms. The average molecular weight is 453 g/mol. The number of nitrogens with zero attached hydrogens (tertiary/aromatic N) is 6. The van der Waals surface area contributed by atoms with Crippen molar-refractivity contribution in [3.63, 3.8) is 0 Å². The zero-order chi connectivity index (χ0) is 21.7. The third-order valence-electron chi connectivity index (χ3n) is 5.95. The zero-order valence-corrected chi connectivity index (χ0v) is 18.2. The van der Waals surface area contributed by atoms with E-state index in [0.29, 0.717) is 34.8 Å². The van der Waals surface area contributed by atoms with Crippen molar-refractivity contribution in [1.29, 1.82) is 0 Å². The van der Waals surface area contributed by atoms with Gasteiger partial charge in [-0.1, -0.05) is 16.8 Å². The standard InChI is InChI=1S/C22H21ClN6O3/c1-30-11-19-25-22(32-27-19)21-18-6-14-9-28(8-13-4-5-31-10-13)26-20(14)16-7-15(23)2-3-17(16)29(18)12-24-21/h2-3,7,9,12-13H,4-6,8,10-11H2,1H3. The molecule has 0 N–H and O–H groups in total. The Kier molecular flexibility index (Phi) is 4.82. The van der Waals surface area contributed by atoms with Gasteiger partial charge < -0.3 is 18.6 Å². The molecule has 0 amide bonds. The smallest absolute Gasteiger partial charge is 0.278 e. The van der Waals surface area contributed by atoms with Crippen LogP contribution < -0.4 is 0 Å². The number of benzene rings is 1. The van der Waals surface area contributed by atoms with Crippen molar-refractivity contribution >= 4 is 11.6 Å². The van der Waals surface area contributed by atoms with Gasteiger partial charge in [-0.3, -0.25) is 4.68 Å². The fourth-order valence-electron chi connectivity index (χ4n) is 4.46. The SMILES string of the molecule is COCc1noc(-c2ncn3c2Cc2cn(CC4CCOC4)nc2-c2cc(Cl)ccc2-3)n1. The van der Waals surface area contributed by atoms with Crippen LogP contribution in [0.3, 0.4) is 0 Å². The molecule has 9 nitrogen and oxygen atoms in total. The number of aromatic nitrogens is 6. The molecule has 10 heteroatoms. The second-order valence-electron chi connectivity index (χ2n) is 8.15. The molecule has 164 valence electrons. The topological polar surface area (TPSA) is 93.0 Å². The normalized spacial score (nSPS) is 17.1. The lowest BCUT2D eigenvalue weighted by molar-refractivity contribution is 0.174. The number of imidazole rings is 1. The van der Waals surface area contributed by atoms with Crippen LogP contribution in [0.1, 0.15) is 23.5 Å². The summed E-state index contributed by atoms with van der Waals surface area (Å²) in [6.45, 7) is 2.72.